The zero-order valence-corrected chi connectivity index (χ0v) is 7.88. The lowest BCUT2D eigenvalue weighted by Gasteiger charge is -1.87. The van der Waals surface area contributed by atoms with E-state index in [2.05, 4.69) is 10.1 Å². The maximum atomic E-state index is 8.59. The van der Waals surface area contributed by atoms with Crippen molar-refractivity contribution in [1.29, 1.82) is 0 Å². The van der Waals surface area contributed by atoms with Crippen LogP contribution in [0, 0.1) is 0 Å². The van der Waals surface area contributed by atoms with Gasteiger partial charge in [-0.3, -0.25) is 4.98 Å². The Morgan fingerprint density at radius 1 is 1.62 bits per heavy atom. The van der Waals surface area contributed by atoms with Crippen LogP contribution in [0.4, 0.5) is 0 Å². The molecule has 2 aromatic heterocycles. The molecule has 0 spiro atoms. The predicted octanol–water partition coefficient (Wildman–Crippen LogP) is 2.49. The molecule has 0 bridgehead atoms. The van der Waals surface area contributed by atoms with E-state index in [4.69, 9.17) is 5.21 Å². The van der Waals surface area contributed by atoms with Crippen molar-refractivity contribution in [3.05, 3.63) is 29.3 Å². The maximum absolute atomic E-state index is 8.59. The largest absolute Gasteiger partial charge is 0.411 e. The van der Waals surface area contributed by atoms with Crippen LogP contribution < -0.4 is 0 Å². The SMILES string of the molecule is C/C(=N\O)c1cc2ncccc2s1. The molecule has 0 unspecified atom stereocenters. The molecule has 2 aromatic rings. The Hall–Kier alpha value is -1.42. The van der Waals surface area contributed by atoms with Crippen LogP contribution in [0.1, 0.15) is 11.8 Å². The molecule has 0 atom stereocenters. The number of nitrogens with zero attached hydrogens (tertiary/aromatic N) is 2. The first-order valence-corrected chi connectivity index (χ1v) is 4.66. The van der Waals surface area contributed by atoms with Gasteiger partial charge in [0.05, 0.1) is 20.8 Å². The summed E-state index contributed by atoms with van der Waals surface area (Å²) in [5.41, 5.74) is 1.58. The third-order valence-corrected chi connectivity index (χ3v) is 2.99. The molecule has 0 aliphatic heterocycles. The molecule has 1 N–H and O–H groups in total. The highest BCUT2D eigenvalue weighted by Gasteiger charge is 2.04. The highest BCUT2D eigenvalue weighted by Crippen LogP contribution is 2.23. The Morgan fingerprint density at radius 2 is 2.46 bits per heavy atom. The molecule has 2 heterocycles. The summed E-state index contributed by atoms with van der Waals surface area (Å²) >= 11 is 1.58. The van der Waals surface area contributed by atoms with Crippen LogP contribution in [0.3, 0.4) is 0 Å². The van der Waals surface area contributed by atoms with Crippen LogP contribution in [-0.4, -0.2) is 15.9 Å². The molecule has 0 amide bonds. The minimum absolute atomic E-state index is 0.628. The molecule has 0 saturated heterocycles. The molecule has 0 fully saturated rings. The average molecular weight is 192 g/mol. The van der Waals surface area contributed by atoms with Gasteiger partial charge in [-0.15, -0.1) is 11.3 Å². The Bertz CT molecular complexity index is 428. The van der Waals surface area contributed by atoms with Crippen molar-refractivity contribution in [2.45, 2.75) is 6.92 Å². The summed E-state index contributed by atoms with van der Waals surface area (Å²) in [6.45, 7) is 1.77. The van der Waals surface area contributed by atoms with Crippen molar-refractivity contribution >= 4 is 27.3 Å². The lowest BCUT2D eigenvalue weighted by Crippen LogP contribution is -1.87. The quantitative estimate of drug-likeness (QED) is 0.428. The first kappa shape index (κ1) is 8.19. The minimum atomic E-state index is 0.628. The van der Waals surface area contributed by atoms with Gasteiger partial charge in [0, 0.05) is 6.20 Å². The lowest BCUT2D eigenvalue weighted by atomic mass is 10.3. The van der Waals surface area contributed by atoms with Gasteiger partial charge in [0.1, 0.15) is 0 Å². The first-order valence-electron chi connectivity index (χ1n) is 3.85. The van der Waals surface area contributed by atoms with E-state index in [0.29, 0.717) is 5.71 Å². The van der Waals surface area contributed by atoms with Gasteiger partial charge in [-0.05, 0) is 25.1 Å². The highest BCUT2D eigenvalue weighted by molar-refractivity contribution is 7.20. The van der Waals surface area contributed by atoms with Crippen LogP contribution in [0.2, 0.25) is 0 Å². The summed E-state index contributed by atoms with van der Waals surface area (Å²) in [5, 5.41) is 11.7. The summed E-state index contributed by atoms with van der Waals surface area (Å²) < 4.78 is 1.11. The summed E-state index contributed by atoms with van der Waals surface area (Å²) in [4.78, 5) is 5.15. The van der Waals surface area contributed by atoms with Crippen molar-refractivity contribution < 1.29 is 5.21 Å². The van der Waals surface area contributed by atoms with E-state index in [0.717, 1.165) is 15.1 Å². The van der Waals surface area contributed by atoms with Gasteiger partial charge in [-0.2, -0.15) is 0 Å². The van der Waals surface area contributed by atoms with Crippen molar-refractivity contribution in [2.24, 2.45) is 5.16 Å². The molecule has 0 aliphatic carbocycles. The van der Waals surface area contributed by atoms with Gasteiger partial charge < -0.3 is 5.21 Å². The summed E-state index contributed by atoms with van der Waals surface area (Å²) in [5.74, 6) is 0. The molecule has 0 aromatic carbocycles. The standard InChI is InChI=1S/C9H8N2OS/c1-6(11-12)9-5-7-8(13-9)3-2-4-10-7/h2-5,12H,1H3/b11-6+. The zero-order chi connectivity index (χ0) is 9.26. The number of aromatic nitrogens is 1. The number of hydrogen-bond acceptors (Lipinski definition) is 4. The maximum Gasteiger partial charge on any atom is 0.0937 e. The van der Waals surface area contributed by atoms with Gasteiger partial charge in [0.15, 0.2) is 0 Å². The molecule has 3 nitrogen and oxygen atoms in total. The van der Waals surface area contributed by atoms with Crippen LogP contribution in [0.25, 0.3) is 10.2 Å². The zero-order valence-electron chi connectivity index (χ0n) is 7.06. The minimum Gasteiger partial charge on any atom is -0.411 e. The second-order valence-electron chi connectivity index (χ2n) is 2.68. The average Bonchev–Trinajstić information content (AvgIpc) is 2.59. The Kier molecular flexibility index (Phi) is 1.98. The summed E-state index contributed by atoms with van der Waals surface area (Å²) in [6, 6.07) is 5.82. The molecular weight excluding hydrogens is 184 g/mol. The molecule has 0 saturated carbocycles. The molecule has 13 heavy (non-hydrogen) atoms. The van der Waals surface area contributed by atoms with Gasteiger partial charge in [0.25, 0.3) is 0 Å². The second kappa shape index (κ2) is 3.14. The number of oxime groups is 1. The van der Waals surface area contributed by atoms with E-state index in [1.807, 2.05) is 18.2 Å². The smallest absolute Gasteiger partial charge is 0.0937 e. The third kappa shape index (κ3) is 1.40. The Balaban J connectivity index is 2.62. The van der Waals surface area contributed by atoms with Crippen LogP contribution in [0.5, 0.6) is 0 Å². The summed E-state index contributed by atoms with van der Waals surface area (Å²) in [6.07, 6.45) is 1.75. The molecule has 4 heteroatoms. The fourth-order valence-electron chi connectivity index (χ4n) is 1.10. The number of rotatable bonds is 1. The van der Waals surface area contributed by atoms with E-state index in [9.17, 15) is 0 Å². The van der Waals surface area contributed by atoms with E-state index in [-0.39, 0.29) is 0 Å². The predicted molar refractivity (Wildman–Crippen MR) is 53.6 cm³/mol. The number of fused-ring (bicyclic) bond motifs is 1. The van der Waals surface area contributed by atoms with Gasteiger partial charge in [0.2, 0.25) is 0 Å². The Labute approximate surface area is 79.3 Å². The van der Waals surface area contributed by atoms with E-state index in [1.54, 1.807) is 24.5 Å². The van der Waals surface area contributed by atoms with Gasteiger partial charge in [-0.25, -0.2) is 0 Å². The van der Waals surface area contributed by atoms with E-state index >= 15 is 0 Å². The van der Waals surface area contributed by atoms with Crippen molar-refractivity contribution in [3.8, 4) is 0 Å². The molecule has 0 aliphatic rings. The van der Waals surface area contributed by atoms with Crippen LogP contribution >= 0.6 is 11.3 Å². The van der Waals surface area contributed by atoms with Crippen molar-refractivity contribution in [2.75, 3.05) is 0 Å². The topological polar surface area (TPSA) is 45.5 Å². The fourth-order valence-corrected chi connectivity index (χ4v) is 2.06. The van der Waals surface area contributed by atoms with Crippen LogP contribution in [-0.2, 0) is 0 Å². The molecule has 2 rings (SSSR count). The molecular formula is C9H8N2OS. The molecule has 66 valence electrons. The monoisotopic (exact) mass is 192 g/mol. The number of pyridine rings is 1. The van der Waals surface area contributed by atoms with Crippen LogP contribution in [0.15, 0.2) is 29.6 Å². The molecule has 0 radical (unpaired) electrons. The highest BCUT2D eigenvalue weighted by atomic mass is 32.1. The number of thiophene rings is 1. The second-order valence-corrected chi connectivity index (χ2v) is 3.77. The number of hydrogen-bond donors (Lipinski definition) is 1. The normalized spacial score (nSPS) is 12.2. The Morgan fingerprint density at radius 3 is 3.15 bits per heavy atom. The third-order valence-electron chi connectivity index (χ3n) is 1.79. The first-order chi connectivity index (χ1) is 6.31. The van der Waals surface area contributed by atoms with E-state index in [1.165, 1.54) is 0 Å². The van der Waals surface area contributed by atoms with Crippen molar-refractivity contribution in [3.63, 3.8) is 0 Å². The van der Waals surface area contributed by atoms with Gasteiger partial charge >= 0.3 is 0 Å². The lowest BCUT2D eigenvalue weighted by molar-refractivity contribution is 0.319. The fraction of sp³-hybridized carbons (Fsp3) is 0.111. The van der Waals surface area contributed by atoms with Gasteiger partial charge in [-0.1, -0.05) is 5.16 Å². The summed E-state index contributed by atoms with van der Waals surface area (Å²) in [7, 11) is 0. The van der Waals surface area contributed by atoms with E-state index < -0.39 is 0 Å². The van der Waals surface area contributed by atoms with Crippen molar-refractivity contribution in [1.82, 2.24) is 4.98 Å².